The molecular weight excluding hydrogens is 216 g/mol. The summed E-state index contributed by atoms with van der Waals surface area (Å²) in [5.74, 6) is -0.815. The van der Waals surface area contributed by atoms with Crippen LogP contribution >= 0.6 is 0 Å². The number of ether oxygens (including phenoxy) is 1. The summed E-state index contributed by atoms with van der Waals surface area (Å²) >= 11 is 0. The molecule has 0 amide bonds. The van der Waals surface area contributed by atoms with Gasteiger partial charge in [-0.15, -0.1) is 0 Å². The number of aliphatic carboxylic acids is 1. The first kappa shape index (κ1) is 12.1. The van der Waals surface area contributed by atoms with E-state index in [1.165, 1.54) is 0 Å². The SMILES string of the molecule is CC1(C)[C@@H](COCc2ccccc2)[C@@H]1C(=O)O. The Hall–Kier alpha value is -1.35. The fourth-order valence-electron chi connectivity index (χ4n) is 2.42. The maximum absolute atomic E-state index is 11.0. The second kappa shape index (κ2) is 4.49. The summed E-state index contributed by atoms with van der Waals surface area (Å²) in [5.41, 5.74) is 1.00. The molecule has 1 fully saturated rings. The summed E-state index contributed by atoms with van der Waals surface area (Å²) < 4.78 is 5.60. The lowest BCUT2D eigenvalue weighted by Crippen LogP contribution is -2.04. The number of carboxylic acids is 1. The van der Waals surface area contributed by atoms with Crippen LogP contribution in [-0.2, 0) is 16.1 Å². The maximum Gasteiger partial charge on any atom is 0.307 e. The number of benzene rings is 1. The largest absolute Gasteiger partial charge is 0.481 e. The summed E-state index contributed by atoms with van der Waals surface area (Å²) in [6.45, 7) is 5.06. The molecule has 0 spiro atoms. The molecule has 1 aliphatic rings. The minimum Gasteiger partial charge on any atom is -0.481 e. The van der Waals surface area contributed by atoms with Crippen molar-refractivity contribution in [3.63, 3.8) is 0 Å². The molecule has 3 heteroatoms. The van der Waals surface area contributed by atoms with Gasteiger partial charge in [0, 0.05) is 5.92 Å². The molecule has 1 aromatic carbocycles. The molecule has 2 atom stereocenters. The van der Waals surface area contributed by atoms with Gasteiger partial charge in [0.2, 0.25) is 0 Å². The van der Waals surface area contributed by atoms with Crippen molar-refractivity contribution >= 4 is 5.97 Å². The number of carboxylic acid groups (broad SMARTS) is 1. The second-order valence-corrected chi connectivity index (χ2v) is 5.24. The highest BCUT2D eigenvalue weighted by atomic mass is 16.5. The third-order valence-electron chi connectivity index (χ3n) is 3.73. The van der Waals surface area contributed by atoms with E-state index in [0.29, 0.717) is 13.2 Å². The fraction of sp³-hybridized carbons (Fsp3) is 0.500. The molecule has 0 radical (unpaired) electrons. The third-order valence-corrected chi connectivity index (χ3v) is 3.73. The van der Waals surface area contributed by atoms with Gasteiger partial charge in [0.1, 0.15) is 0 Å². The van der Waals surface area contributed by atoms with Gasteiger partial charge in [-0.25, -0.2) is 0 Å². The Balaban J connectivity index is 1.79. The van der Waals surface area contributed by atoms with Crippen LogP contribution in [0.25, 0.3) is 0 Å². The Labute approximate surface area is 101 Å². The van der Waals surface area contributed by atoms with E-state index in [-0.39, 0.29) is 17.3 Å². The zero-order valence-corrected chi connectivity index (χ0v) is 10.2. The molecule has 1 N–H and O–H groups in total. The van der Waals surface area contributed by atoms with Crippen molar-refractivity contribution in [3.05, 3.63) is 35.9 Å². The first-order valence-electron chi connectivity index (χ1n) is 5.88. The molecule has 0 aromatic heterocycles. The van der Waals surface area contributed by atoms with Gasteiger partial charge in [-0.3, -0.25) is 4.79 Å². The highest BCUT2D eigenvalue weighted by molar-refractivity contribution is 5.75. The lowest BCUT2D eigenvalue weighted by molar-refractivity contribution is -0.139. The molecule has 2 rings (SSSR count). The van der Waals surface area contributed by atoms with Crippen molar-refractivity contribution in [3.8, 4) is 0 Å². The third kappa shape index (κ3) is 2.50. The van der Waals surface area contributed by atoms with Crippen LogP contribution in [0, 0.1) is 17.3 Å². The molecule has 0 unspecified atom stereocenters. The Bertz CT molecular complexity index is 397. The van der Waals surface area contributed by atoms with Gasteiger partial charge in [-0.2, -0.15) is 0 Å². The van der Waals surface area contributed by atoms with E-state index in [2.05, 4.69) is 0 Å². The monoisotopic (exact) mass is 234 g/mol. The van der Waals surface area contributed by atoms with Crippen LogP contribution in [-0.4, -0.2) is 17.7 Å². The van der Waals surface area contributed by atoms with Crippen LogP contribution in [0.2, 0.25) is 0 Å². The standard InChI is InChI=1S/C14H18O3/c1-14(2)11(12(14)13(15)16)9-17-8-10-6-4-3-5-7-10/h3-7,11-12H,8-9H2,1-2H3,(H,15,16)/t11-,12+/m0/s1. The smallest absolute Gasteiger partial charge is 0.307 e. The topological polar surface area (TPSA) is 46.5 Å². The Kier molecular flexibility index (Phi) is 3.20. The van der Waals surface area contributed by atoms with E-state index in [4.69, 9.17) is 9.84 Å². The quantitative estimate of drug-likeness (QED) is 0.851. The van der Waals surface area contributed by atoms with Crippen LogP contribution in [0.1, 0.15) is 19.4 Å². The molecule has 0 aliphatic heterocycles. The van der Waals surface area contributed by atoms with E-state index >= 15 is 0 Å². The molecule has 3 nitrogen and oxygen atoms in total. The number of rotatable bonds is 5. The average Bonchev–Trinajstić information content (AvgIpc) is 2.82. The zero-order valence-electron chi connectivity index (χ0n) is 10.2. The first-order valence-corrected chi connectivity index (χ1v) is 5.88. The lowest BCUT2D eigenvalue weighted by atomic mass is 10.1. The first-order chi connectivity index (χ1) is 8.03. The van der Waals surface area contributed by atoms with E-state index in [1.54, 1.807) is 0 Å². The summed E-state index contributed by atoms with van der Waals surface area (Å²) in [6.07, 6.45) is 0. The molecule has 92 valence electrons. The molecule has 1 aliphatic carbocycles. The van der Waals surface area contributed by atoms with Crippen molar-refractivity contribution < 1.29 is 14.6 Å². The number of hydrogen-bond donors (Lipinski definition) is 1. The summed E-state index contributed by atoms with van der Waals surface area (Å²) in [7, 11) is 0. The zero-order chi connectivity index (χ0) is 12.5. The van der Waals surface area contributed by atoms with Gasteiger partial charge in [0.25, 0.3) is 0 Å². The van der Waals surface area contributed by atoms with Gasteiger partial charge in [0.05, 0.1) is 19.1 Å². The van der Waals surface area contributed by atoms with Crippen LogP contribution in [0.3, 0.4) is 0 Å². The van der Waals surface area contributed by atoms with Gasteiger partial charge in [-0.05, 0) is 11.0 Å². The molecule has 0 bridgehead atoms. The van der Waals surface area contributed by atoms with Crippen molar-refractivity contribution in [1.29, 1.82) is 0 Å². The summed E-state index contributed by atoms with van der Waals surface area (Å²) in [6, 6.07) is 9.92. The fourth-order valence-corrected chi connectivity index (χ4v) is 2.42. The minimum atomic E-state index is -0.705. The van der Waals surface area contributed by atoms with Crippen molar-refractivity contribution in [2.45, 2.75) is 20.5 Å². The van der Waals surface area contributed by atoms with Crippen LogP contribution in [0.4, 0.5) is 0 Å². The van der Waals surface area contributed by atoms with Gasteiger partial charge in [-0.1, -0.05) is 44.2 Å². The predicted octanol–water partition coefficient (Wildman–Crippen LogP) is 2.56. The lowest BCUT2D eigenvalue weighted by Gasteiger charge is -2.05. The van der Waals surface area contributed by atoms with Gasteiger partial charge < -0.3 is 9.84 Å². The molecule has 1 aromatic rings. The number of hydrogen-bond acceptors (Lipinski definition) is 2. The Morgan fingerprint density at radius 3 is 2.53 bits per heavy atom. The van der Waals surface area contributed by atoms with E-state index < -0.39 is 5.97 Å². The highest BCUT2D eigenvalue weighted by Crippen LogP contribution is 2.58. The number of carbonyl (C=O) groups is 1. The van der Waals surface area contributed by atoms with Crippen molar-refractivity contribution in [2.24, 2.45) is 17.3 Å². The van der Waals surface area contributed by atoms with E-state index in [9.17, 15) is 4.79 Å². The van der Waals surface area contributed by atoms with E-state index in [1.807, 2.05) is 44.2 Å². The molecule has 0 saturated heterocycles. The normalized spacial score (nSPS) is 25.5. The molecule has 17 heavy (non-hydrogen) atoms. The summed E-state index contributed by atoms with van der Waals surface area (Å²) in [5, 5.41) is 9.02. The van der Waals surface area contributed by atoms with E-state index in [0.717, 1.165) is 5.56 Å². The van der Waals surface area contributed by atoms with Crippen LogP contribution in [0.5, 0.6) is 0 Å². The molecular formula is C14H18O3. The minimum absolute atomic E-state index is 0.122. The van der Waals surface area contributed by atoms with Crippen LogP contribution < -0.4 is 0 Å². The predicted molar refractivity (Wildman–Crippen MR) is 64.5 cm³/mol. The van der Waals surface area contributed by atoms with Crippen molar-refractivity contribution in [2.75, 3.05) is 6.61 Å². The second-order valence-electron chi connectivity index (χ2n) is 5.24. The Morgan fingerprint density at radius 2 is 2.00 bits per heavy atom. The Morgan fingerprint density at radius 1 is 1.35 bits per heavy atom. The summed E-state index contributed by atoms with van der Waals surface area (Å²) in [4.78, 5) is 11.0. The highest BCUT2D eigenvalue weighted by Gasteiger charge is 2.61. The van der Waals surface area contributed by atoms with Gasteiger partial charge in [0.15, 0.2) is 0 Å². The molecule has 0 heterocycles. The van der Waals surface area contributed by atoms with Crippen LogP contribution in [0.15, 0.2) is 30.3 Å². The molecule has 1 saturated carbocycles. The van der Waals surface area contributed by atoms with Crippen molar-refractivity contribution in [1.82, 2.24) is 0 Å². The maximum atomic E-state index is 11.0. The average molecular weight is 234 g/mol. The van der Waals surface area contributed by atoms with Gasteiger partial charge >= 0.3 is 5.97 Å².